The van der Waals surface area contributed by atoms with Gasteiger partial charge in [0.05, 0.1) is 13.7 Å². The van der Waals surface area contributed by atoms with Gasteiger partial charge in [-0.1, -0.05) is 19.8 Å². The van der Waals surface area contributed by atoms with Gasteiger partial charge in [-0.15, -0.1) is 0 Å². The number of hydrogen-bond donors (Lipinski definition) is 2. The number of carboxylic acids is 1. The van der Waals surface area contributed by atoms with Crippen LogP contribution in [0, 0.1) is 0 Å². The third kappa shape index (κ3) is 7.54. The second kappa shape index (κ2) is 10.5. The van der Waals surface area contributed by atoms with Crippen molar-refractivity contribution in [3.63, 3.8) is 0 Å². The first-order valence-corrected chi connectivity index (χ1v) is 7.85. The Morgan fingerprint density at radius 1 is 1.17 bits per heavy atom. The fourth-order valence-corrected chi connectivity index (χ4v) is 2.03. The Balaban J connectivity index is 2.25. The first-order valence-electron chi connectivity index (χ1n) is 7.85. The van der Waals surface area contributed by atoms with Crippen molar-refractivity contribution in [3.05, 3.63) is 24.3 Å². The van der Waals surface area contributed by atoms with Crippen molar-refractivity contribution in [2.24, 2.45) is 0 Å². The zero-order chi connectivity index (χ0) is 17.1. The summed E-state index contributed by atoms with van der Waals surface area (Å²) in [7, 11) is 1.60. The lowest BCUT2D eigenvalue weighted by Crippen LogP contribution is -2.40. The summed E-state index contributed by atoms with van der Waals surface area (Å²) in [6, 6.07) is 6.39. The van der Waals surface area contributed by atoms with Crippen molar-refractivity contribution in [2.75, 3.05) is 13.7 Å². The van der Waals surface area contributed by atoms with Crippen molar-refractivity contribution in [3.8, 4) is 11.5 Å². The minimum absolute atomic E-state index is 0.242. The molecule has 0 spiro atoms. The molecule has 1 aromatic rings. The lowest BCUT2D eigenvalue weighted by molar-refractivity contribution is -0.142. The Morgan fingerprint density at radius 3 is 2.39 bits per heavy atom. The molecule has 0 radical (unpaired) electrons. The van der Waals surface area contributed by atoms with E-state index in [0.29, 0.717) is 25.2 Å². The molecule has 2 N–H and O–H groups in total. The van der Waals surface area contributed by atoms with E-state index in [1.165, 1.54) is 0 Å². The van der Waals surface area contributed by atoms with E-state index < -0.39 is 12.0 Å². The number of ether oxygens (including phenoxy) is 2. The van der Waals surface area contributed by atoms with Gasteiger partial charge in [0.1, 0.15) is 17.5 Å². The molecule has 0 aromatic heterocycles. The maximum absolute atomic E-state index is 11.8. The monoisotopic (exact) mass is 323 g/mol. The summed E-state index contributed by atoms with van der Waals surface area (Å²) >= 11 is 0. The standard InChI is InChI=1S/C17H25NO5/c1-3-4-6-15(17(20)21)18-16(19)7-5-12-23-14-10-8-13(22-2)9-11-14/h8-11,15H,3-7,12H2,1-2H3,(H,18,19)(H,20,21). The second-order valence-corrected chi connectivity index (χ2v) is 5.23. The lowest BCUT2D eigenvalue weighted by atomic mass is 10.1. The highest BCUT2D eigenvalue weighted by Crippen LogP contribution is 2.17. The van der Waals surface area contributed by atoms with Gasteiger partial charge >= 0.3 is 5.97 Å². The van der Waals surface area contributed by atoms with E-state index in [-0.39, 0.29) is 12.3 Å². The Kier molecular flexibility index (Phi) is 8.57. The molecule has 0 heterocycles. The van der Waals surface area contributed by atoms with Gasteiger partial charge in [-0.2, -0.15) is 0 Å². The van der Waals surface area contributed by atoms with Crippen molar-refractivity contribution in [1.82, 2.24) is 5.32 Å². The SMILES string of the molecule is CCCCC(NC(=O)CCCOc1ccc(OC)cc1)C(=O)O. The van der Waals surface area contributed by atoms with Crippen LogP contribution in [0.4, 0.5) is 0 Å². The van der Waals surface area contributed by atoms with E-state index in [0.717, 1.165) is 18.6 Å². The topological polar surface area (TPSA) is 84.9 Å². The number of amides is 1. The number of carbonyl (C=O) groups excluding carboxylic acids is 1. The molecular formula is C17H25NO5. The van der Waals surface area contributed by atoms with E-state index in [1.807, 2.05) is 6.92 Å². The molecule has 0 aliphatic heterocycles. The van der Waals surface area contributed by atoms with Crippen LogP contribution in [0.15, 0.2) is 24.3 Å². The van der Waals surface area contributed by atoms with Crippen LogP contribution in [0.5, 0.6) is 11.5 Å². The number of hydrogen-bond acceptors (Lipinski definition) is 4. The van der Waals surface area contributed by atoms with Crippen LogP contribution in [0.25, 0.3) is 0 Å². The minimum Gasteiger partial charge on any atom is -0.497 e. The predicted octanol–water partition coefficient (Wildman–Crippen LogP) is 2.61. The largest absolute Gasteiger partial charge is 0.497 e. The molecule has 6 nitrogen and oxygen atoms in total. The number of benzene rings is 1. The molecule has 1 amide bonds. The van der Waals surface area contributed by atoms with Gasteiger partial charge < -0.3 is 19.9 Å². The van der Waals surface area contributed by atoms with E-state index >= 15 is 0 Å². The molecule has 0 saturated carbocycles. The number of aliphatic carboxylic acids is 1. The molecule has 1 aromatic carbocycles. The van der Waals surface area contributed by atoms with E-state index in [1.54, 1.807) is 31.4 Å². The van der Waals surface area contributed by atoms with Gasteiger partial charge in [0, 0.05) is 6.42 Å². The summed E-state index contributed by atoms with van der Waals surface area (Å²) in [5.74, 6) is 0.217. The van der Waals surface area contributed by atoms with Gasteiger partial charge in [0.2, 0.25) is 5.91 Å². The van der Waals surface area contributed by atoms with Gasteiger partial charge in [-0.3, -0.25) is 4.79 Å². The van der Waals surface area contributed by atoms with Crippen molar-refractivity contribution < 1.29 is 24.2 Å². The second-order valence-electron chi connectivity index (χ2n) is 5.23. The fourth-order valence-electron chi connectivity index (χ4n) is 2.03. The molecule has 0 aliphatic carbocycles. The molecule has 1 atom stereocenters. The van der Waals surface area contributed by atoms with Gasteiger partial charge in [-0.05, 0) is 37.1 Å². The van der Waals surface area contributed by atoms with Crippen LogP contribution in [0.3, 0.4) is 0 Å². The van der Waals surface area contributed by atoms with Crippen LogP contribution < -0.4 is 14.8 Å². The third-order valence-electron chi connectivity index (χ3n) is 3.36. The quantitative estimate of drug-likeness (QED) is 0.612. The predicted molar refractivity (Wildman–Crippen MR) is 86.8 cm³/mol. The average molecular weight is 323 g/mol. The van der Waals surface area contributed by atoms with E-state index in [9.17, 15) is 9.59 Å². The zero-order valence-electron chi connectivity index (χ0n) is 13.7. The van der Waals surface area contributed by atoms with Crippen LogP contribution in [-0.4, -0.2) is 36.7 Å². The molecule has 6 heteroatoms. The summed E-state index contributed by atoms with van der Waals surface area (Å²) in [6.45, 7) is 2.38. The van der Waals surface area contributed by atoms with E-state index in [4.69, 9.17) is 14.6 Å². The van der Waals surface area contributed by atoms with Crippen molar-refractivity contribution in [2.45, 2.75) is 45.1 Å². The van der Waals surface area contributed by atoms with Crippen LogP contribution >= 0.6 is 0 Å². The Bertz CT molecular complexity index is 486. The van der Waals surface area contributed by atoms with E-state index in [2.05, 4.69) is 5.32 Å². The van der Waals surface area contributed by atoms with Crippen molar-refractivity contribution >= 4 is 11.9 Å². The number of methoxy groups -OCH3 is 1. The lowest BCUT2D eigenvalue weighted by Gasteiger charge is -2.14. The fraction of sp³-hybridized carbons (Fsp3) is 0.529. The number of nitrogens with one attached hydrogen (secondary N) is 1. The first kappa shape index (κ1) is 18.8. The summed E-state index contributed by atoms with van der Waals surface area (Å²) < 4.78 is 10.6. The normalized spacial score (nSPS) is 11.6. The molecule has 0 fully saturated rings. The summed E-state index contributed by atoms with van der Waals surface area (Å²) in [4.78, 5) is 22.8. The molecule has 128 valence electrons. The van der Waals surface area contributed by atoms with Crippen LogP contribution in [0.2, 0.25) is 0 Å². The maximum atomic E-state index is 11.8. The van der Waals surface area contributed by atoms with Gasteiger partial charge in [0.15, 0.2) is 0 Å². The summed E-state index contributed by atoms with van der Waals surface area (Å²) in [5, 5.41) is 11.6. The zero-order valence-corrected chi connectivity index (χ0v) is 13.7. The molecule has 23 heavy (non-hydrogen) atoms. The molecule has 1 unspecified atom stereocenters. The number of unbranched alkanes of at least 4 members (excludes halogenated alkanes) is 1. The Hall–Kier alpha value is -2.24. The average Bonchev–Trinajstić information content (AvgIpc) is 2.55. The molecule has 0 bridgehead atoms. The number of carbonyl (C=O) groups is 2. The maximum Gasteiger partial charge on any atom is 0.326 e. The number of carboxylic acid groups (broad SMARTS) is 1. The summed E-state index contributed by atoms with van der Waals surface area (Å²) in [6.07, 6.45) is 2.90. The third-order valence-corrected chi connectivity index (χ3v) is 3.36. The molecule has 0 saturated heterocycles. The molecule has 1 rings (SSSR count). The Labute approximate surface area is 136 Å². The van der Waals surface area contributed by atoms with Crippen molar-refractivity contribution in [1.29, 1.82) is 0 Å². The highest BCUT2D eigenvalue weighted by molar-refractivity contribution is 5.83. The number of rotatable bonds is 11. The van der Waals surface area contributed by atoms with Crippen LogP contribution in [-0.2, 0) is 9.59 Å². The Morgan fingerprint density at radius 2 is 1.83 bits per heavy atom. The smallest absolute Gasteiger partial charge is 0.326 e. The first-order chi connectivity index (χ1) is 11.1. The highest BCUT2D eigenvalue weighted by atomic mass is 16.5. The molecular weight excluding hydrogens is 298 g/mol. The van der Waals surface area contributed by atoms with Gasteiger partial charge in [0.25, 0.3) is 0 Å². The van der Waals surface area contributed by atoms with Crippen LogP contribution in [0.1, 0.15) is 39.0 Å². The van der Waals surface area contributed by atoms with Gasteiger partial charge in [-0.25, -0.2) is 4.79 Å². The highest BCUT2D eigenvalue weighted by Gasteiger charge is 2.18. The summed E-state index contributed by atoms with van der Waals surface area (Å²) in [5.41, 5.74) is 0. The molecule has 0 aliphatic rings. The minimum atomic E-state index is -0.985.